The lowest BCUT2D eigenvalue weighted by Crippen LogP contribution is -2.46. The summed E-state index contributed by atoms with van der Waals surface area (Å²) in [6, 6.07) is 7.33. The van der Waals surface area contributed by atoms with Crippen molar-refractivity contribution in [3.8, 4) is 5.75 Å². The Labute approximate surface area is 119 Å². The van der Waals surface area contributed by atoms with E-state index in [9.17, 15) is 0 Å². The SMILES string of the molecule is COc1ccc(C2C(N)CCCN2C2CC2)cc1Cl. The van der Waals surface area contributed by atoms with Crippen LogP contribution < -0.4 is 10.5 Å². The van der Waals surface area contributed by atoms with Gasteiger partial charge in [0.15, 0.2) is 0 Å². The maximum Gasteiger partial charge on any atom is 0.137 e. The van der Waals surface area contributed by atoms with Gasteiger partial charge in [0.05, 0.1) is 18.2 Å². The number of methoxy groups -OCH3 is 1. The van der Waals surface area contributed by atoms with Crippen molar-refractivity contribution in [3.63, 3.8) is 0 Å². The molecule has 19 heavy (non-hydrogen) atoms. The van der Waals surface area contributed by atoms with E-state index in [-0.39, 0.29) is 6.04 Å². The predicted octanol–water partition coefficient (Wildman–Crippen LogP) is 2.98. The van der Waals surface area contributed by atoms with E-state index in [0.29, 0.717) is 11.1 Å². The fourth-order valence-corrected chi connectivity index (χ4v) is 3.44. The fourth-order valence-electron chi connectivity index (χ4n) is 3.17. The van der Waals surface area contributed by atoms with E-state index in [1.807, 2.05) is 12.1 Å². The lowest BCUT2D eigenvalue weighted by Gasteiger charge is -2.40. The standard InChI is InChI=1S/C15H21ClN2O/c1-19-14-7-4-10(9-12(14)16)15-13(17)3-2-8-18(15)11-5-6-11/h4,7,9,11,13,15H,2-3,5-6,8,17H2,1H3. The van der Waals surface area contributed by atoms with E-state index in [1.165, 1.54) is 24.8 Å². The Morgan fingerprint density at radius 1 is 1.32 bits per heavy atom. The van der Waals surface area contributed by atoms with Gasteiger partial charge in [0, 0.05) is 12.1 Å². The van der Waals surface area contributed by atoms with Crippen LogP contribution in [0.25, 0.3) is 0 Å². The first-order chi connectivity index (χ1) is 9.20. The fraction of sp³-hybridized carbons (Fsp3) is 0.600. The van der Waals surface area contributed by atoms with Crippen molar-refractivity contribution < 1.29 is 4.74 Å². The van der Waals surface area contributed by atoms with E-state index in [1.54, 1.807) is 7.11 Å². The highest BCUT2D eigenvalue weighted by atomic mass is 35.5. The van der Waals surface area contributed by atoms with Crippen molar-refractivity contribution >= 4 is 11.6 Å². The van der Waals surface area contributed by atoms with Crippen LogP contribution in [0.4, 0.5) is 0 Å². The quantitative estimate of drug-likeness (QED) is 0.925. The van der Waals surface area contributed by atoms with Crippen molar-refractivity contribution in [1.82, 2.24) is 4.90 Å². The molecular weight excluding hydrogens is 260 g/mol. The molecule has 0 radical (unpaired) electrons. The second-order valence-corrected chi connectivity index (χ2v) is 6.02. The molecule has 2 atom stereocenters. The second kappa shape index (κ2) is 5.31. The molecule has 1 saturated heterocycles. The van der Waals surface area contributed by atoms with Crippen molar-refractivity contribution in [2.24, 2.45) is 5.73 Å². The van der Waals surface area contributed by atoms with Gasteiger partial charge in [-0.25, -0.2) is 0 Å². The number of ether oxygens (including phenoxy) is 1. The Hall–Kier alpha value is -0.770. The smallest absolute Gasteiger partial charge is 0.137 e. The van der Waals surface area contributed by atoms with Crippen LogP contribution in [0, 0.1) is 0 Å². The third kappa shape index (κ3) is 2.60. The van der Waals surface area contributed by atoms with Gasteiger partial charge in [-0.1, -0.05) is 17.7 Å². The van der Waals surface area contributed by atoms with Gasteiger partial charge in [0.25, 0.3) is 0 Å². The van der Waals surface area contributed by atoms with Gasteiger partial charge >= 0.3 is 0 Å². The summed E-state index contributed by atoms with van der Waals surface area (Å²) < 4.78 is 5.22. The van der Waals surface area contributed by atoms with Crippen LogP contribution in [0.5, 0.6) is 5.75 Å². The summed E-state index contributed by atoms with van der Waals surface area (Å²) in [5.41, 5.74) is 7.60. The van der Waals surface area contributed by atoms with Gasteiger partial charge in [0.1, 0.15) is 5.75 Å². The number of nitrogens with zero attached hydrogens (tertiary/aromatic N) is 1. The number of halogens is 1. The summed E-state index contributed by atoms with van der Waals surface area (Å²) in [4.78, 5) is 2.58. The van der Waals surface area contributed by atoms with Gasteiger partial charge in [-0.2, -0.15) is 0 Å². The summed E-state index contributed by atoms with van der Waals surface area (Å²) >= 11 is 6.26. The minimum atomic E-state index is 0.207. The molecule has 2 N–H and O–H groups in total. The zero-order valence-corrected chi connectivity index (χ0v) is 12.1. The summed E-state index contributed by atoms with van der Waals surface area (Å²) in [5, 5.41) is 0.675. The highest BCUT2D eigenvalue weighted by molar-refractivity contribution is 6.32. The zero-order valence-electron chi connectivity index (χ0n) is 11.3. The van der Waals surface area contributed by atoms with Crippen molar-refractivity contribution in [2.75, 3.05) is 13.7 Å². The number of rotatable bonds is 3. The van der Waals surface area contributed by atoms with Gasteiger partial charge < -0.3 is 10.5 Å². The molecule has 1 aromatic carbocycles. The molecule has 0 spiro atoms. The maximum absolute atomic E-state index is 6.37. The summed E-state index contributed by atoms with van der Waals surface area (Å²) in [5.74, 6) is 0.729. The zero-order chi connectivity index (χ0) is 13.4. The normalized spacial score (nSPS) is 28.4. The van der Waals surface area contributed by atoms with E-state index in [4.69, 9.17) is 22.1 Å². The number of benzene rings is 1. The molecule has 3 nitrogen and oxygen atoms in total. The number of nitrogens with two attached hydrogens (primary N) is 1. The first-order valence-corrected chi connectivity index (χ1v) is 7.43. The van der Waals surface area contributed by atoms with Crippen LogP contribution in [-0.4, -0.2) is 30.6 Å². The van der Waals surface area contributed by atoms with Gasteiger partial charge in [0.2, 0.25) is 0 Å². The molecule has 2 aliphatic rings. The molecule has 2 fully saturated rings. The van der Waals surface area contributed by atoms with Crippen LogP contribution in [0.2, 0.25) is 5.02 Å². The minimum Gasteiger partial charge on any atom is -0.495 e. The van der Waals surface area contributed by atoms with Crippen LogP contribution in [0.15, 0.2) is 18.2 Å². The lowest BCUT2D eigenvalue weighted by molar-refractivity contribution is 0.120. The van der Waals surface area contributed by atoms with Crippen molar-refractivity contribution in [3.05, 3.63) is 28.8 Å². The van der Waals surface area contributed by atoms with Crippen molar-refractivity contribution in [2.45, 2.75) is 43.8 Å². The average Bonchev–Trinajstić information content (AvgIpc) is 3.22. The Morgan fingerprint density at radius 2 is 2.11 bits per heavy atom. The van der Waals surface area contributed by atoms with E-state index >= 15 is 0 Å². The van der Waals surface area contributed by atoms with Gasteiger partial charge in [-0.05, 0) is 49.9 Å². The number of hydrogen-bond donors (Lipinski definition) is 1. The maximum atomic E-state index is 6.37. The predicted molar refractivity (Wildman–Crippen MR) is 77.7 cm³/mol. The third-order valence-corrected chi connectivity index (χ3v) is 4.55. The Bertz CT molecular complexity index is 461. The molecule has 104 valence electrons. The highest BCUT2D eigenvalue weighted by Gasteiger charge is 2.39. The molecule has 1 aliphatic carbocycles. The molecule has 1 saturated carbocycles. The molecule has 0 bridgehead atoms. The lowest BCUT2D eigenvalue weighted by atomic mass is 9.90. The molecule has 0 aromatic heterocycles. The molecule has 1 heterocycles. The molecule has 1 aromatic rings. The van der Waals surface area contributed by atoms with E-state index < -0.39 is 0 Å². The molecule has 4 heteroatoms. The van der Waals surface area contributed by atoms with Crippen LogP contribution in [0.3, 0.4) is 0 Å². The summed E-state index contributed by atoms with van der Waals surface area (Å²) in [6.07, 6.45) is 4.93. The Balaban J connectivity index is 1.90. The molecule has 3 rings (SSSR count). The molecule has 2 unspecified atom stereocenters. The topological polar surface area (TPSA) is 38.5 Å². The highest BCUT2D eigenvalue weighted by Crippen LogP contribution is 2.40. The first kappa shape index (κ1) is 13.2. The van der Waals surface area contributed by atoms with Crippen LogP contribution in [-0.2, 0) is 0 Å². The molecular formula is C15H21ClN2O. The monoisotopic (exact) mass is 280 g/mol. The Morgan fingerprint density at radius 3 is 2.74 bits per heavy atom. The van der Waals surface area contributed by atoms with E-state index in [2.05, 4.69) is 11.0 Å². The Kier molecular flexibility index (Phi) is 3.70. The number of hydrogen-bond acceptors (Lipinski definition) is 3. The summed E-state index contributed by atoms with van der Waals surface area (Å²) in [7, 11) is 1.64. The second-order valence-electron chi connectivity index (χ2n) is 5.61. The van der Waals surface area contributed by atoms with Gasteiger partial charge in [-0.3, -0.25) is 4.90 Å². The summed E-state index contributed by atoms with van der Waals surface area (Å²) in [6.45, 7) is 1.16. The number of piperidine rings is 1. The molecule has 1 aliphatic heterocycles. The van der Waals surface area contributed by atoms with Crippen LogP contribution >= 0.6 is 11.6 Å². The molecule has 0 amide bonds. The number of likely N-dealkylation sites (tertiary alicyclic amines) is 1. The average molecular weight is 281 g/mol. The first-order valence-electron chi connectivity index (χ1n) is 7.05. The van der Waals surface area contributed by atoms with Crippen molar-refractivity contribution in [1.29, 1.82) is 0 Å². The van der Waals surface area contributed by atoms with Crippen LogP contribution in [0.1, 0.15) is 37.3 Å². The van der Waals surface area contributed by atoms with Gasteiger partial charge in [-0.15, -0.1) is 0 Å². The minimum absolute atomic E-state index is 0.207. The van der Waals surface area contributed by atoms with E-state index in [0.717, 1.165) is 24.8 Å². The largest absolute Gasteiger partial charge is 0.495 e. The third-order valence-electron chi connectivity index (χ3n) is 4.25.